The van der Waals surface area contributed by atoms with Crippen LogP contribution in [-0.4, -0.2) is 28.9 Å². The number of hydrogen-bond donors (Lipinski definition) is 2. The molecule has 3 heterocycles. The van der Waals surface area contributed by atoms with Crippen molar-refractivity contribution < 1.29 is 17.6 Å². The number of nitrogens with zero attached hydrogens (tertiary/aromatic N) is 5. The highest BCUT2D eigenvalue weighted by Crippen LogP contribution is 2.32. The average molecular weight is 576 g/mol. The van der Waals surface area contributed by atoms with Crippen LogP contribution < -0.4 is 20.5 Å². The number of carbonyl (C=O) groups excluding carboxylic acids is 1. The summed E-state index contributed by atoms with van der Waals surface area (Å²) in [5.74, 6) is -0.733. The van der Waals surface area contributed by atoms with Crippen molar-refractivity contribution in [3.63, 3.8) is 0 Å². The zero-order valence-corrected chi connectivity index (χ0v) is 23.5. The summed E-state index contributed by atoms with van der Waals surface area (Å²) in [5.41, 5.74) is 3.24. The summed E-state index contributed by atoms with van der Waals surface area (Å²) in [6.45, 7) is 5.51. The minimum atomic E-state index is -4.39. The molecule has 0 radical (unpaired) electrons. The number of carbonyl (C=O) groups is 1. The monoisotopic (exact) mass is 575 g/mol. The van der Waals surface area contributed by atoms with E-state index < -0.39 is 27.0 Å². The largest absolute Gasteiger partial charge is 0.376 e. The van der Waals surface area contributed by atoms with Gasteiger partial charge in [-0.25, -0.2) is 19.1 Å². The highest BCUT2D eigenvalue weighted by Gasteiger charge is 2.27. The van der Waals surface area contributed by atoms with Crippen LogP contribution in [0.25, 0.3) is 10.9 Å². The molecule has 0 spiro atoms. The average Bonchev–Trinajstić information content (AvgIpc) is 3.32. The lowest BCUT2D eigenvalue weighted by molar-refractivity contribution is -0.117. The number of rotatable bonds is 6. The Balaban J connectivity index is 1.59. The molecule has 11 nitrogen and oxygen atoms in total. The summed E-state index contributed by atoms with van der Waals surface area (Å²) >= 11 is 0. The fourth-order valence-corrected chi connectivity index (χ4v) is 6.13. The summed E-state index contributed by atoms with van der Waals surface area (Å²) in [6, 6.07) is 12.2. The van der Waals surface area contributed by atoms with E-state index in [-0.39, 0.29) is 22.8 Å². The number of fused-ring (bicyclic) bond motifs is 2. The molecule has 2 N–H and O–H groups in total. The van der Waals surface area contributed by atoms with E-state index in [9.17, 15) is 27.7 Å². The number of nitriles is 1. The van der Waals surface area contributed by atoms with Crippen LogP contribution >= 0.6 is 0 Å². The fourth-order valence-electron chi connectivity index (χ4n) is 5.02. The molecule has 13 heteroatoms. The van der Waals surface area contributed by atoms with Gasteiger partial charge in [0.2, 0.25) is 16.9 Å². The van der Waals surface area contributed by atoms with Crippen molar-refractivity contribution >= 4 is 38.5 Å². The highest BCUT2D eigenvalue weighted by atomic mass is 32.2. The summed E-state index contributed by atoms with van der Waals surface area (Å²) < 4.78 is 42.9. The van der Waals surface area contributed by atoms with Crippen LogP contribution in [0.3, 0.4) is 0 Å². The van der Waals surface area contributed by atoms with Gasteiger partial charge in [-0.2, -0.15) is 13.7 Å². The van der Waals surface area contributed by atoms with Crippen molar-refractivity contribution in [3.8, 4) is 6.07 Å². The van der Waals surface area contributed by atoms with Crippen molar-refractivity contribution in [2.24, 2.45) is 7.05 Å². The summed E-state index contributed by atoms with van der Waals surface area (Å²) in [5, 5.41) is 12.3. The number of nitrogens with one attached hydrogen (secondary N) is 2. The lowest BCUT2D eigenvalue weighted by atomic mass is 10.0. The van der Waals surface area contributed by atoms with E-state index in [1.54, 1.807) is 32.2 Å². The maximum absolute atomic E-state index is 13.8. The topological polar surface area (TPSA) is 150 Å². The van der Waals surface area contributed by atoms with Gasteiger partial charge in [0.25, 0.3) is 15.6 Å². The van der Waals surface area contributed by atoms with E-state index in [1.807, 2.05) is 22.6 Å². The highest BCUT2D eigenvalue weighted by molar-refractivity contribution is 7.90. The van der Waals surface area contributed by atoms with Gasteiger partial charge >= 0.3 is 0 Å². The number of aryl methyl sites for hydroxylation is 1. The van der Waals surface area contributed by atoms with E-state index in [0.29, 0.717) is 35.5 Å². The third-order valence-electron chi connectivity index (χ3n) is 6.85. The second-order valence-corrected chi connectivity index (χ2v) is 11.6. The fraction of sp³-hybridized carbons (Fsp3) is 0.250. The molecule has 0 bridgehead atoms. The molecule has 1 aliphatic rings. The maximum atomic E-state index is 13.8. The molecule has 2 aromatic carbocycles. The maximum Gasteiger partial charge on any atom is 0.283 e. The SMILES string of the molecule is CC(=O)NS(=O)(=O)c1nc(C#N)ccc1N[C@H](C)c1cc(C)cc2c(=O)n(C)c(N3Cc4ccc(F)cc4C3)nc12. The Hall–Kier alpha value is -4.83. The van der Waals surface area contributed by atoms with E-state index in [2.05, 4.69) is 10.3 Å². The predicted octanol–water partition coefficient (Wildman–Crippen LogP) is 3.17. The van der Waals surface area contributed by atoms with Crippen LogP contribution in [0.1, 0.15) is 47.8 Å². The van der Waals surface area contributed by atoms with Gasteiger partial charge in [-0.15, -0.1) is 0 Å². The molecule has 1 amide bonds. The van der Waals surface area contributed by atoms with Crippen LogP contribution in [0.5, 0.6) is 0 Å². The van der Waals surface area contributed by atoms with Crippen molar-refractivity contribution in [2.45, 2.75) is 44.9 Å². The number of hydrogen-bond acceptors (Lipinski definition) is 9. The molecule has 0 saturated carbocycles. The van der Waals surface area contributed by atoms with E-state index in [4.69, 9.17) is 4.98 Å². The quantitative estimate of drug-likeness (QED) is 0.353. The van der Waals surface area contributed by atoms with Crippen LogP contribution in [-0.2, 0) is 35.0 Å². The predicted molar refractivity (Wildman–Crippen MR) is 150 cm³/mol. The first-order valence-corrected chi connectivity index (χ1v) is 14.1. The third kappa shape index (κ3) is 5.21. The van der Waals surface area contributed by atoms with E-state index in [1.165, 1.54) is 28.8 Å². The van der Waals surface area contributed by atoms with Gasteiger partial charge in [-0.3, -0.25) is 14.2 Å². The molecule has 1 aliphatic heterocycles. The summed E-state index contributed by atoms with van der Waals surface area (Å²) in [7, 11) is -2.75. The minimum Gasteiger partial charge on any atom is -0.376 e. The Bertz CT molecular complexity index is 1950. The Kier molecular flexibility index (Phi) is 6.96. The Morgan fingerprint density at radius 2 is 1.85 bits per heavy atom. The molecule has 0 saturated heterocycles. The third-order valence-corrected chi connectivity index (χ3v) is 8.23. The number of anilines is 2. The number of aromatic nitrogens is 3. The second kappa shape index (κ2) is 10.3. The van der Waals surface area contributed by atoms with Crippen molar-refractivity contribution in [1.82, 2.24) is 19.3 Å². The lowest BCUT2D eigenvalue weighted by Gasteiger charge is -2.23. The van der Waals surface area contributed by atoms with Crippen LogP contribution in [0, 0.1) is 24.1 Å². The first-order chi connectivity index (χ1) is 19.4. The number of benzene rings is 2. The van der Waals surface area contributed by atoms with Gasteiger partial charge in [-0.1, -0.05) is 12.1 Å². The Labute approximate surface area is 235 Å². The summed E-state index contributed by atoms with van der Waals surface area (Å²) in [4.78, 5) is 35.8. The van der Waals surface area contributed by atoms with Crippen LogP contribution in [0.15, 0.2) is 52.3 Å². The molecule has 5 rings (SSSR count). The minimum absolute atomic E-state index is 0.0565. The normalized spacial score (nSPS) is 13.5. The zero-order chi connectivity index (χ0) is 29.6. The van der Waals surface area contributed by atoms with Gasteiger partial charge in [0.15, 0.2) is 0 Å². The number of pyridine rings is 1. The molecule has 41 heavy (non-hydrogen) atoms. The molecule has 2 aromatic heterocycles. The van der Waals surface area contributed by atoms with E-state index >= 15 is 0 Å². The Morgan fingerprint density at radius 3 is 2.56 bits per heavy atom. The zero-order valence-electron chi connectivity index (χ0n) is 22.7. The van der Waals surface area contributed by atoms with Gasteiger partial charge in [0.1, 0.15) is 17.6 Å². The van der Waals surface area contributed by atoms with Gasteiger partial charge in [0, 0.05) is 32.6 Å². The first-order valence-electron chi connectivity index (χ1n) is 12.6. The smallest absolute Gasteiger partial charge is 0.283 e. The first kappa shape index (κ1) is 27.7. The van der Waals surface area contributed by atoms with Crippen molar-refractivity contribution in [1.29, 1.82) is 5.26 Å². The molecule has 4 aromatic rings. The standard InChI is InChI=1S/C28H26FN7O4S/c1-15-9-22(16(2)31-24-8-7-21(12-30)32-26(24)41(39,40)34-17(3)37)25-23(10-15)27(38)35(4)28(33-25)36-13-18-5-6-20(29)11-19(18)14-36/h5-11,16,31H,13-14H2,1-4H3,(H,34,37)/t16-/m1/s1. The molecule has 210 valence electrons. The van der Waals surface area contributed by atoms with Crippen LogP contribution in [0.2, 0.25) is 0 Å². The van der Waals surface area contributed by atoms with Crippen molar-refractivity contribution in [3.05, 3.63) is 86.6 Å². The summed E-state index contributed by atoms with van der Waals surface area (Å²) in [6.07, 6.45) is 0. The molecular formula is C28H26FN7O4S. The van der Waals surface area contributed by atoms with Crippen LogP contribution in [0.4, 0.5) is 16.0 Å². The van der Waals surface area contributed by atoms with Gasteiger partial charge in [0.05, 0.1) is 22.6 Å². The van der Waals surface area contributed by atoms with Crippen molar-refractivity contribution in [2.75, 3.05) is 10.2 Å². The molecular weight excluding hydrogens is 549 g/mol. The number of amides is 1. The lowest BCUT2D eigenvalue weighted by Crippen LogP contribution is -2.30. The van der Waals surface area contributed by atoms with E-state index in [0.717, 1.165) is 23.6 Å². The number of halogens is 1. The Morgan fingerprint density at radius 1 is 1.12 bits per heavy atom. The van der Waals surface area contributed by atoms with Gasteiger partial charge < -0.3 is 10.2 Å². The molecule has 1 atom stereocenters. The second-order valence-electron chi connectivity index (χ2n) is 9.98. The molecule has 0 fully saturated rings. The molecule has 0 aliphatic carbocycles. The molecule has 0 unspecified atom stereocenters. The van der Waals surface area contributed by atoms with Gasteiger partial charge in [-0.05, 0) is 60.9 Å². The number of sulfonamides is 1.